The normalized spacial score (nSPS) is 10.7. The summed E-state index contributed by atoms with van der Waals surface area (Å²) in [6.07, 6.45) is 3.51. The maximum Gasteiger partial charge on any atom is 0.362 e. The molecular weight excluding hydrogens is 262 g/mol. The quantitative estimate of drug-likeness (QED) is 0.784. The molecule has 3 aromatic rings. The molecule has 4 nitrogen and oxygen atoms in total. The number of hydrogen-bond donors (Lipinski definition) is 1. The van der Waals surface area contributed by atoms with Crippen LogP contribution in [0.5, 0.6) is 0 Å². The van der Waals surface area contributed by atoms with Crippen molar-refractivity contribution in [2.75, 3.05) is 0 Å². The molecule has 21 heavy (non-hydrogen) atoms. The summed E-state index contributed by atoms with van der Waals surface area (Å²) >= 11 is 0. The van der Waals surface area contributed by atoms with E-state index in [4.69, 9.17) is 0 Å². The van der Waals surface area contributed by atoms with E-state index < -0.39 is 0 Å². The van der Waals surface area contributed by atoms with Gasteiger partial charge >= 0.3 is 11.4 Å². The lowest BCUT2D eigenvalue weighted by Gasteiger charge is -1.99. The van der Waals surface area contributed by atoms with E-state index in [1.807, 2.05) is 54.7 Å². The van der Waals surface area contributed by atoms with Gasteiger partial charge in [0.25, 0.3) is 0 Å². The van der Waals surface area contributed by atoms with Crippen molar-refractivity contribution in [3.63, 3.8) is 0 Å². The first-order valence-corrected chi connectivity index (χ1v) is 7.17. The molecule has 0 saturated heterocycles. The van der Waals surface area contributed by atoms with Crippen LogP contribution in [0.3, 0.4) is 0 Å². The molecule has 0 spiro atoms. The van der Waals surface area contributed by atoms with Crippen LogP contribution >= 0.6 is 0 Å². The fourth-order valence-corrected chi connectivity index (χ4v) is 2.49. The average molecular weight is 280 g/mol. The molecule has 0 fully saturated rings. The van der Waals surface area contributed by atoms with E-state index in [-0.39, 0.29) is 5.56 Å². The van der Waals surface area contributed by atoms with Crippen LogP contribution in [-0.4, -0.2) is 9.78 Å². The van der Waals surface area contributed by atoms with Gasteiger partial charge in [-0.15, -0.1) is 0 Å². The molecule has 0 aliphatic heterocycles. The number of benzene rings is 1. The second-order valence-corrected chi connectivity index (χ2v) is 4.97. The van der Waals surface area contributed by atoms with Crippen molar-refractivity contribution in [2.24, 2.45) is 0 Å². The molecule has 0 saturated carbocycles. The molecule has 2 heterocycles. The lowest BCUT2D eigenvalue weighted by molar-refractivity contribution is -0.374. The van der Waals surface area contributed by atoms with Gasteiger partial charge in [0.2, 0.25) is 0 Å². The Morgan fingerprint density at radius 3 is 2.52 bits per heavy atom. The molecule has 0 amide bonds. The first-order chi connectivity index (χ1) is 10.3. The molecule has 106 valence electrons. The first kappa shape index (κ1) is 13.4. The average Bonchev–Trinajstić information content (AvgIpc) is 2.87. The third-order valence-corrected chi connectivity index (χ3v) is 3.48. The lowest BCUT2D eigenvalue weighted by Crippen LogP contribution is -2.23. The predicted octanol–water partition coefficient (Wildman–Crippen LogP) is 2.60. The van der Waals surface area contributed by atoms with Crippen molar-refractivity contribution in [3.8, 4) is 17.1 Å². The molecule has 0 unspecified atom stereocenters. The second-order valence-electron chi connectivity index (χ2n) is 4.97. The maximum absolute atomic E-state index is 12.7. The highest BCUT2D eigenvalue weighted by Gasteiger charge is 2.21. The Morgan fingerprint density at radius 2 is 1.86 bits per heavy atom. The van der Waals surface area contributed by atoms with Gasteiger partial charge in [0.05, 0.1) is 17.5 Å². The van der Waals surface area contributed by atoms with Crippen molar-refractivity contribution < 1.29 is 4.98 Å². The number of nitrogens with zero attached hydrogens (tertiary/aromatic N) is 1. The van der Waals surface area contributed by atoms with Crippen molar-refractivity contribution >= 4 is 0 Å². The Balaban J connectivity index is 2.19. The Labute approximate surface area is 123 Å². The minimum atomic E-state index is 0.0122. The summed E-state index contributed by atoms with van der Waals surface area (Å²) in [5, 5.41) is 3.24. The Hall–Kier alpha value is -2.62. The number of aromatic amines is 2. The van der Waals surface area contributed by atoms with Gasteiger partial charge in [0, 0.05) is 11.6 Å². The minimum Gasteiger partial charge on any atom is -0.245 e. The summed E-state index contributed by atoms with van der Waals surface area (Å²) < 4.78 is 1.58. The van der Waals surface area contributed by atoms with Crippen molar-refractivity contribution in [1.82, 2.24) is 9.78 Å². The van der Waals surface area contributed by atoms with Crippen LogP contribution in [-0.2, 0) is 6.42 Å². The zero-order valence-corrected chi connectivity index (χ0v) is 12.0. The number of nitrogens with one attached hydrogen (secondary N) is 2. The molecule has 0 aliphatic carbocycles. The number of aromatic nitrogens is 3. The number of pyridine rings is 1. The van der Waals surface area contributed by atoms with Gasteiger partial charge in [0.1, 0.15) is 0 Å². The second kappa shape index (κ2) is 5.79. The van der Waals surface area contributed by atoms with Crippen molar-refractivity contribution in [3.05, 3.63) is 70.6 Å². The molecular formula is C17H18N3O+. The Morgan fingerprint density at radius 1 is 1.10 bits per heavy atom. The van der Waals surface area contributed by atoms with Gasteiger partial charge in [-0.25, -0.2) is 14.9 Å². The summed E-state index contributed by atoms with van der Waals surface area (Å²) in [5.74, 6) is 0.738. The largest absolute Gasteiger partial charge is 0.362 e. The van der Waals surface area contributed by atoms with Gasteiger partial charge in [-0.3, -0.25) is 0 Å². The smallest absolute Gasteiger partial charge is 0.245 e. The topological polar surface area (TPSA) is 51.9 Å². The molecule has 0 radical (unpaired) electrons. The highest BCUT2D eigenvalue weighted by atomic mass is 16.1. The maximum atomic E-state index is 12.7. The third-order valence-electron chi connectivity index (χ3n) is 3.48. The summed E-state index contributed by atoms with van der Waals surface area (Å²) in [4.78, 5) is 15.8. The van der Waals surface area contributed by atoms with E-state index in [2.05, 4.69) is 17.0 Å². The van der Waals surface area contributed by atoms with Crippen molar-refractivity contribution in [2.45, 2.75) is 19.8 Å². The van der Waals surface area contributed by atoms with Gasteiger partial charge in [-0.2, -0.15) is 0 Å². The molecule has 4 heteroatoms. The van der Waals surface area contributed by atoms with Gasteiger partial charge in [0.15, 0.2) is 0 Å². The standard InChI is InChI=1S/C17H17N3O/c1-2-8-14-16(13-9-4-3-5-10-13)19-20(17(14)21)15-11-6-7-12-18-15/h3-7,9-12,19H,2,8H2,1H3/p+1. The Kier molecular flexibility index (Phi) is 3.69. The van der Waals surface area contributed by atoms with Gasteiger partial charge < -0.3 is 0 Å². The summed E-state index contributed by atoms with van der Waals surface area (Å²) in [6, 6.07) is 15.6. The van der Waals surface area contributed by atoms with Crippen LogP contribution in [0, 0.1) is 0 Å². The van der Waals surface area contributed by atoms with Gasteiger partial charge in [-0.1, -0.05) is 54.4 Å². The molecule has 2 aromatic heterocycles. The van der Waals surface area contributed by atoms with Crippen LogP contribution in [0.4, 0.5) is 0 Å². The van der Waals surface area contributed by atoms with Crippen LogP contribution in [0.2, 0.25) is 0 Å². The molecule has 0 bridgehead atoms. The molecule has 0 aliphatic rings. The molecule has 1 aromatic carbocycles. The fraction of sp³-hybridized carbons (Fsp3) is 0.176. The van der Waals surface area contributed by atoms with E-state index in [0.717, 1.165) is 35.5 Å². The van der Waals surface area contributed by atoms with E-state index in [0.29, 0.717) is 0 Å². The van der Waals surface area contributed by atoms with Crippen LogP contribution in [0.15, 0.2) is 59.5 Å². The van der Waals surface area contributed by atoms with Crippen molar-refractivity contribution in [1.29, 1.82) is 0 Å². The zero-order chi connectivity index (χ0) is 14.7. The lowest BCUT2D eigenvalue weighted by atomic mass is 10.1. The highest BCUT2D eigenvalue weighted by molar-refractivity contribution is 5.62. The number of H-pyrrole nitrogens is 2. The molecule has 2 N–H and O–H groups in total. The Bertz CT molecular complexity index is 773. The zero-order valence-electron chi connectivity index (χ0n) is 12.0. The van der Waals surface area contributed by atoms with Crippen LogP contribution < -0.4 is 10.5 Å². The number of rotatable bonds is 4. The van der Waals surface area contributed by atoms with E-state index in [1.165, 1.54) is 0 Å². The van der Waals surface area contributed by atoms with E-state index in [9.17, 15) is 4.79 Å². The molecule has 0 atom stereocenters. The van der Waals surface area contributed by atoms with E-state index >= 15 is 0 Å². The first-order valence-electron chi connectivity index (χ1n) is 7.17. The third kappa shape index (κ3) is 2.52. The van der Waals surface area contributed by atoms with Crippen LogP contribution in [0.25, 0.3) is 17.1 Å². The monoisotopic (exact) mass is 280 g/mol. The van der Waals surface area contributed by atoms with E-state index in [1.54, 1.807) is 4.68 Å². The summed E-state index contributed by atoms with van der Waals surface area (Å²) in [5.41, 5.74) is 2.78. The molecule has 3 rings (SSSR count). The van der Waals surface area contributed by atoms with Crippen LogP contribution in [0.1, 0.15) is 18.9 Å². The highest BCUT2D eigenvalue weighted by Crippen LogP contribution is 2.20. The SMILES string of the molecule is CCCc1c(-c2ccccc2)[nH]n(-c2cccc[nH+]2)c1=O. The summed E-state index contributed by atoms with van der Waals surface area (Å²) in [6.45, 7) is 2.08. The number of hydrogen-bond acceptors (Lipinski definition) is 1. The predicted molar refractivity (Wildman–Crippen MR) is 82.4 cm³/mol. The minimum absolute atomic E-state index is 0.0122. The fourth-order valence-electron chi connectivity index (χ4n) is 2.49. The summed E-state index contributed by atoms with van der Waals surface area (Å²) in [7, 11) is 0. The van der Waals surface area contributed by atoms with Gasteiger partial charge in [-0.05, 0) is 12.5 Å².